The van der Waals surface area contributed by atoms with Crippen molar-refractivity contribution < 1.29 is 13.2 Å². The SMILES string of the molecule is CC(c1cccc(C(F)(F)F)c1)N(C)C1CCCNCC1. The topological polar surface area (TPSA) is 15.3 Å². The van der Waals surface area contributed by atoms with Crippen LogP contribution in [0, 0.1) is 0 Å². The molecule has 5 heteroatoms. The van der Waals surface area contributed by atoms with Crippen molar-refractivity contribution in [1.29, 1.82) is 0 Å². The van der Waals surface area contributed by atoms with Crippen molar-refractivity contribution in [3.8, 4) is 0 Å². The molecule has 1 aromatic carbocycles. The lowest BCUT2D eigenvalue weighted by molar-refractivity contribution is -0.137. The molecule has 0 saturated carbocycles. The first-order chi connectivity index (χ1) is 9.89. The van der Waals surface area contributed by atoms with Crippen LogP contribution in [0.25, 0.3) is 0 Å². The minimum Gasteiger partial charge on any atom is -0.317 e. The molecule has 0 bridgehead atoms. The normalized spacial score (nSPS) is 22.1. The van der Waals surface area contributed by atoms with E-state index in [1.54, 1.807) is 6.07 Å². The Morgan fingerprint density at radius 1 is 1.24 bits per heavy atom. The zero-order valence-electron chi connectivity index (χ0n) is 12.6. The summed E-state index contributed by atoms with van der Waals surface area (Å²) in [5.74, 6) is 0. The molecule has 0 spiro atoms. The highest BCUT2D eigenvalue weighted by Crippen LogP contribution is 2.32. The van der Waals surface area contributed by atoms with E-state index in [1.807, 2.05) is 14.0 Å². The van der Waals surface area contributed by atoms with Crippen LogP contribution in [-0.4, -0.2) is 31.1 Å². The molecule has 1 fully saturated rings. The zero-order valence-corrected chi connectivity index (χ0v) is 12.6. The number of benzene rings is 1. The summed E-state index contributed by atoms with van der Waals surface area (Å²) in [6.45, 7) is 3.99. The van der Waals surface area contributed by atoms with Gasteiger partial charge in [0.2, 0.25) is 0 Å². The summed E-state index contributed by atoms with van der Waals surface area (Å²) in [5, 5.41) is 3.36. The molecule has 1 aromatic rings. The van der Waals surface area contributed by atoms with E-state index in [4.69, 9.17) is 0 Å². The van der Waals surface area contributed by atoms with Crippen molar-refractivity contribution >= 4 is 0 Å². The fourth-order valence-corrected chi connectivity index (χ4v) is 2.93. The summed E-state index contributed by atoms with van der Waals surface area (Å²) in [5.41, 5.74) is 0.160. The Labute approximate surface area is 124 Å². The number of halogens is 3. The lowest BCUT2D eigenvalue weighted by Crippen LogP contribution is -2.34. The Kier molecular flexibility index (Phi) is 5.27. The molecule has 1 saturated heterocycles. The lowest BCUT2D eigenvalue weighted by atomic mass is 10.00. The van der Waals surface area contributed by atoms with Gasteiger partial charge in [0.1, 0.15) is 0 Å². The maximum Gasteiger partial charge on any atom is 0.416 e. The predicted molar refractivity (Wildman–Crippen MR) is 78.1 cm³/mol. The summed E-state index contributed by atoms with van der Waals surface area (Å²) in [4.78, 5) is 2.21. The minimum absolute atomic E-state index is 0.0181. The van der Waals surface area contributed by atoms with Gasteiger partial charge in [-0.25, -0.2) is 0 Å². The van der Waals surface area contributed by atoms with Crippen LogP contribution in [0.5, 0.6) is 0 Å². The van der Waals surface area contributed by atoms with E-state index in [-0.39, 0.29) is 6.04 Å². The number of hydrogen-bond acceptors (Lipinski definition) is 2. The van der Waals surface area contributed by atoms with E-state index in [0.29, 0.717) is 6.04 Å². The molecule has 2 rings (SSSR count). The molecule has 0 amide bonds. The highest BCUT2D eigenvalue weighted by molar-refractivity contribution is 5.27. The van der Waals surface area contributed by atoms with E-state index in [1.165, 1.54) is 12.1 Å². The number of nitrogens with one attached hydrogen (secondary N) is 1. The summed E-state index contributed by atoms with van der Waals surface area (Å²) in [6, 6.07) is 6.09. The van der Waals surface area contributed by atoms with Gasteiger partial charge >= 0.3 is 6.18 Å². The summed E-state index contributed by atoms with van der Waals surface area (Å²) >= 11 is 0. The van der Waals surface area contributed by atoms with Gasteiger partial charge < -0.3 is 5.32 Å². The lowest BCUT2D eigenvalue weighted by Gasteiger charge is -2.33. The van der Waals surface area contributed by atoms with E-state index < -0.39 is 11.7 Å². The molecule has 118 valence electrons. The maximum atomic E-state index is 12.8. The van der Waals surface area contributed by atoms with Crippen LogP contribution >= 0.6 is 0 Å². The van der Waals surface area contributed by atoms with Crippen molar-refractivity contribution in [2.75, 3.05) is 20.1 Å². The molecule has 0 aromatic heterocycles. The first-order valence-corrected chi connectivity index (χ1v) is 7.49. The monoisotopic (exact) mass is 300 g/mol. The molecule has 1 N–H and O–H groups in total. The molecule has 2 unspecified atom stereocenters. The number of rotatable bonds is 3. The van der Waals surface area contributed by atoms with Gasteiger partial charge in [-0.2, -0.15) is 13.2 Å². The van der Waals surface area contributed by atoms with Gasteiger partial charge in [0, 0.05) is 12.1 Å². The Morgan fingerprint density at radius 2 is 2.00 bits per heavy atom. The van der Waals surface area contributed by atoms with E-state index in [2.05, 4.69) is 10.2 Å². The van der Waals surface area contributed by atoms with Gasteiger partial charge in [-0.05, 0) is 64.0 Å². The van der Waals surface area contributed by atoms with Gasteiger partial charge in [0.25, 0.3) is 0 Å². The average Bonchev–Trinajstić information content (AvgIpc) is 2.74. The molecular weight excluding hydrogens is 277 g/mol. The van der Waals surface area contributed by atoms with E-state index in [9.17, 15) is 13.2 Å². The van der Waals surface area contributed by atoms with E-state index in [0.717, 1.165) is 44.0 Å². The molecule has 0 radical (unpaired) electrons. The molecule has 2 nitrogen and oxygen atoms in total. The zero-order chi connectivity index (χ0) is 15.5. The first-order valence-electron chi connectivity index (χ1n) is 7.49. The van der Waals surface area contributed by atoms with Crippen molar-refractivity contribution in [1.82, 2.24) is 10.2 Å². The standard InChI is InChI=1S/C16H23F3N2/c1-12(21(2)15-7-4-9-20-10-8-15)13-5-3-6-14(11-13)16(17,18)19/h3,5-6,11-12,15,20H,4,7-10H2,1-2H3. The summed E-state index contributed by atoms with van der Waals surface area (Å²) < 4.78 is 38.5. The van der Waals surface area contributed by atoms with Crippen LogP contribution in [0.4, 0.5) is 13.2 Å². The van der Waals surface area contributed by atoms with Crippen molar-refractivity contribution in [3.05, 3.63) is 35.4 Å². The Balaban J connectivity index is 2.13. The quantitative estimate of drug-likeness (QED) is 0.912. The van der Waals surface area contributed by atoms with Crippen molar-refractivity contribution in [2.24, 2.45) is 0 Å². The molecule has 21 heavy (non-hydrogen) atoms. The smallest absolute Gasteiger partial charge is 0.317 e. The molecule has 0 aliphatic carbocycles. The third-order valence-corrected chi connectivity index (χ3v) is 4.43. The van der Waals surface area contributed by atoms with Crippen molar-refractivity contribution in [3.63, 3.8) is 0 Å². The van der Waals surface area contributed by atoms with Crippen LogP contribution in [0.2, 0.25) is 0 Å². The predicted octanol–water partition coefficient (Wildman–Crippen LogP) is 3.84. The highest BCUT2D eigenvalue weighted by atomic mass is 19.4. The van der Waals surface area contributed by atoms with Gasteiger partial charge in [-0.3, -0.25) is 4.90 Å². The molecule has 1 aliphatic rings. The van der Waals surface area contributed by atoms with Crippen LogP contribution < -0.4 is 5.32 Å². The molecular formula is C16H23F3N2. The second kappa shape index (κ2) is 6.79. The van der Waals surface area contributed by atoms with Crippen LogP contribution in [0.15, 0.2) is 24.3 Å². The van der Waals surface area contributed by atoms with Gasteiger partial charge in [-0.15, -0.1) is 0 Å². The second-order valence-electron chi connectivity index (χ2n) is 5.80. The highest BCUT2D eigenvalue weighted by Gasteiger charge is 2.31. The summed E-state index contributed by atoms with van der Waals surface area (Å²) in [7, 11) is 2.01. The fraction of sp³-hybridized carbons (Fsp3) is 0.625. The van der Waals surface area contributed by atoms with Crippen LogP contribution in [0.3, 0.4) is 0 Å². The molecule has 1 heterocycles. The minimum atomic E-state index is -4.28. The van der Waals surface area contributed by atoms with Gasteiger partial charge in [-0.1, -0.05) is 12.1 Å². The van der Waals surface area contributed by atoms with Crippen LogP contribution in [0.1, 0.15) is 43.4 Å². The largest absolute Gasteiger partial charge is 0.416 e. The van der Waals surface area contributed by atoms with Gasteiger partial charge in [0.05, 0.1) is 5.56 Å². The van der Waals surface area contributed by atoms with Crippen LogP contribution in [-0.2, 0) is 6.18 Å². The number of alkyl halides is 3. The Hall–Kier alpha value is -1.07. The van der Waals surface area contributed by atoms with E-state index >= 15 is 0 Å². The fourth-order valence-electron chi connectivity index (χ4n) is 2.93. The first kappa shape index (κ1) is 16.3. The number of hydrogen-bond donors (Lipinski definition) is 1. The Morgan fingerprint density at radius 3 is 2.71 bits per heavy atom. The van der Waals surface area contributed by atoms with Gasteiger partial charge in [0.15, 0.2) is 0 Å². The molecule has 2 atom stereocenters. The third-order valence-electron chi connectivity index (χ3n) is 4.43. The Bertz CT molecular complexity index is 451. The number of nitrogens with zero attached hydrogens (tertiary/aromatic N) is 1. The molecule has 1 aliphatic heterocycles. The van der Waals surface area contributed by atoms with Crippen molar-refractivity contribution in [2.45, 2.75) is 44.4 Å². The summed E-state index contributed by atoms with van der Waals surface area (Å²) in [6.07, 6.45) is -1.03. The maximum absolute atomic E-state index is 12.8. The average molecular weight is 300 g/mol. The second-order valence-corrected chi connectivity index (χ2v) is 5.80. The third kappa shape index (κ3) is 4.20.